The SMILES string of the molecule is O=c1cc(-c2cccc(F)c2)c2ccc(Cn3cc(Cc4ccccc4)nn3)cc2o1. The molecule has 0 radical (unpaired) electrons. The van der Waals surface area contributed by atoms with Gasteiger partial charge in [0.1, 0.15) is 11.4 Å². The Balaban J connectivity index is 1.44. The van der Waals surface area contributed by atoms with E-state index >= 15 is 0 Å². The minimum atomic E-state index is -0.477. The Morgan fingerprint density at radius 3 is 2.61 bits per heavy atom. The second kappa shape index (κ2) is 7.99. The number of fused-ring (bicyclic) bond motifs is 1. The van der Waals surface area contributed by atoms with Crippen LogP contribution in [0.15, 0.2) is 94.3 Å². The Bertz CT molecular complexity index is 1420. The van der Waals surface area contributed by atoms with Gasteiger partial charge in [-0.15, -0.1) is 5.10 Å². The van der Waals surface area contributed by atoms with E-state index in [2.05, 4.69) is 22.4 Å². The first-order chi connectivity index (χ1) is 15.1. The van der Waals surface area contributed by atoms with Crippen LogP contribution in [0.1, 0.15) is 16.8 Å². The second-order valence-corrected chi connectivity index (χ2v) is 7.39. The van der Waals surface area contributed by atoms with E-state index in [0.717, 1.165) is 16.6 Å². The van der Waals surface area contributed by atoms with Gasteiger partial charge in [0.05, 0.1) is 12.2 Å². The fraction of sp³-hybridized carbons (Fsp3) is 0.0800. The number of halogens is 1. The van der Waals surface area contributed by atoms with Crippen LogP contribution in [0, 0.1) is 5.82 Å². The summed E-state index contributed by atoms with van der Waals surface area (Å²) in [7, 11) is 0. The third-order valence-electron chi connectivity index (χ3n) is 5.10. The largest absolute Gasteiger partial charge is 0.423 e. The molecule has 0 aliphatic rings. The Labute approximate surface area is 177 Å². The smallest absolute Gasteiger partial charge is 0.336 e. The molecule has 5 nitrogen and oxygen atoms in total. The zero-order valence-corrected chi connectivity index (χ0v) is 16.5. The van der Waals surface area contributed by atoms with E-state index in [-0.39, 0.29) is 5.82 Å². The van der Waals surface area contributed by atoms with E-state index in [0.29, 0.717) is 29.7 Å². The lowest BCUT2D eigenvalue weighted by Crippen LogP contribution is -2.02. The van der Waals surface area contributed by atoms with Gasteiger partial charge in [-0.2, -0.15) is 0 Å². The van der Waals surface area contributed by atoms with Crippen LogP contribution in [0.5, 0.6) is 0 Å². The molecule has 0 aliphatic heterocycles. The van der Waals surface area contributed by atoms with Gasteiger partial charge in [-0.1, -0.05) is 59.8 Å². The highest BCUT2D eigenvalue weighted by atomic mass is 19.1. The zero-order valence-electron chi connectivity index (χ0n) is 16.5. The van der Waals surface area contributed by atoms with Crippen molar-refractivity contribution >= 4 is 11.0 Å². The molecule has 0 fully saturated rings. The molecule has 152 valence electrons. The molecular weight excluding hydrogens is 393 g/mol. The van der Waals surface area contributed by atoms with Crippen LogP contribution >= 0.6 is 0 Å². The molecular formula is C25H18FN3O2. The lowest BCUT2D eigenvalue weighted by Gasteiger charge is -2.08. The molecule has 5 rings (SSSR count). The molecule has 0 aliphatic carbocycles. The summed E-state index contributed by atoms with van der Waals surface area (Å²) in [5.74, 6) is -0.354. The van der Waals surface area contributed by atoms with Crippen molar-refractivity contribution in [3.8, 4) is 11.1 Å². The summed E-state index contributed by atoms with van der Waals surface area (Å²) in [4.78, 5) is 12.1. The van der Waals surface area contributed by atoms with Crippen molar-refractivity contribution in [3.05, 3.63) is 118 Å². The minimum Gasteiger partial charge on any atom is -0.423 e. The van der Waals surface area contributed by atoms with Crippen molar-refractivity contribution < 1.29 is 8.81 Å². The van der Waals surface area contributed by atoms with Crippen LogP contribution in [0.3, 0.4) is 0 Å². The summed E-state index contributed by atoms with van der Waals surface area (Å²) in [5.41, 5.74) is 4.22. The van der Waals surface area contributed by atoms with Gasteiger partial charge in [-0.3, -0.25) is 0 Å². The number of rotatable bonds is 5. The Morgan fingerprint density at radius 2 is 1.77 bits per heavy atom. The third-order valence-corrected chi connectivity index (χ3v) is 5.10. The lowest BCUT2D eigenvalue weighted by molar-refractivity contribution is 0.560. The molecule has 5 aromatic rings. The zero-order chi connectivity index (χ0) is 21.2. The molecule has 0 amide bonds. The molecule has 0 unspecified atom stereocenters. The van der Waals surface area contributed by atoms with Crippen LogP contribution in [0.4, 0.5) is 4.39 Å². The first-order valence-corrected chi connectivity index (χ1v) is 9.90. The van der Waals surface area contributed by atoms with Crippen molar-refractivity contribution in [1.82, 2.24) is 15.0 Å². The Hall–Kier alpha value is -4.06. The summed E-state index contributed by atoms with van der Waals surface area (Å²) >= 11 is 0. The highest BCUT2D eigenvalue weighted by Gasteiger charge is 2.10. The Kier molecular flexibility index (Phi) is 4.88. The number of hydrogen-bond acceptors (Lipinski definition) is 4. The van der Waals surface area contributed by atoms with Crippen molar-refractivity contribution in [3.63, 3.8) is 0 Å². The molecule has 0 atom stereocenters. The maximum Gasteiger partial charge on any atom is 0.336 e. The molecule has 0 saturated carbocycles. The quantitative estimate of drug-likeness (QED) is 0.389. The van der Waals surface area contributed by atoms with Gasteiger partial charge in [-0.25, -0.2) is 13.9 Å². The normalized spacial score (nSPS) is 11.1. The first-order valence-electron chi connectivity index (χ1n) is 9.90. The van der Waals surface area contributed by atoms with Crippen molar-refractivity contribution in [2.45, 2.75) is 13.0 Å². The summed E-state index contributed by atoms with van der Waals surface area (Å²) in [6, 6.07) is 23.3. The number of hydrogen-bond donors (Lipinski definition) is 0. The number of benzene rings is 3. The fourth-order valence-electron chi connectivity index (χ4n) is 3.69. The van der Waals surface area contributed by atoms with E-state index in [1.54, 1.807) is 16.8 Å². The molecule has 31 heavy (non-hydrogen) atoms. The number of aromatic nitrogens is 3. The highest BCUT2D eigenvalue weighted by molar-refractivity contribution is 5.93. The van der Waals surface area contributed by atoms with E-state index in [4.69, 9.17) is 4.42 Å². The predicted molar refractivity (Wildman–Crippen MR) is 116 cm³/mol. The van der Waals surface area contributed by atoms with Crippen LogP contribution in [-0.2, 0) is 13.0 Å². The second-order valence-electron chi connectivity index (χ2n) is 7.39. The Morgan fingerprint density at radius 1 is 0.903 bits per heavy atom. The van der Waals surface area contributed by atoms with Crippen molar-refractivity contribution in [2.24, 2.45) is 0 Å². The topological polar surface area (TPSA) is 60.9 Å². The van der Waals surface area contributed by atoms with Gasteiger partial charge in [0.25, 0.3) is 0 Å². The highest BCUT2D eigenvalue weighted by Crippen LogP contribution is 2.28. The van der Waals surface area contributed by atoms with E-state index in [1.165, 1.54) is 23.8 Å². The van der Waals surface area contributed by atoms with Crippen LogP contribution in [-0.4, -0.2) is 15.0 Å². The van der Waals surface area contributed by atoms with Crippen LogP contribution < -0.4 is 5.63 Å². The average molecular weight is 411 g/mol. The van der Waals surface area contributed by atoms with E-state index in [9.17, 15) is 9.18 Å². The molecule has 2 aromatic heterocycles. The fourth-order valence-corrected chi connectivity index (χ4v) is 3.69. The molecule has 2 heterocycles. The van der Waals surface area contributed by atoms with Crippen LogP contribution in [0.2, 0.25) is 0 Å². The van der Waals surface area contributed by atoms with Gasteiger partial charge in [0, 0.05) is 24.1 Å². The van der Waals surface area contributed by atoms with E-state index < -0.39 is 5.63 Å². The number of nitrogens with zero attached hydrogens (tertiary/aromatic N) is 3. The van der Waals surface area contributed by atoms with Crippen LogP contribution in [0.25, 0.3) is 22.1 Å². The van der Waals surface area contributed by atoms with Crippen molar-refractivity contribution in [1.29, 1.82) is 0 Å². The predicted octanol–water partition coefficient (Wildman–Crippen LogP) is 4.83. The van der Waals surface area contributed by atoms with Gasteiger partial charge >= 0.3 is 5.63 Å². The van der Waals surface area contributed by atoms with Gasteiger partial charge in [0.2, 0.25) is 0 Å². The lowest BCUT2D eigenvalue weighted by atomic mass is 10.0. The maximum absolute atomic E-state index is 13.7. The van der Waals surface area contributed by atoms with Gasteiger partial charge < -0.3 is 4.42 Å². The molecule has 0 bridgehead atoms. The van der Waals surface area contributed by atoms with Crippen molar-refractivity contribution in [2.75, 3.05) is 0 Å². The molecule has 0 N–H and O–H groups in total. The summed E-state index contributed by atoms with van der Waals surface area (Å²) < 4.78 is 20.9. The third kappa shape index (κ3) is 4.14. The molecule has 6 heteroatoms. The summed E-state index contributed by atoms with van der Waals surface area (Å²) in [6.45, 7) is 0.492. The first kappa shape index (κ1) is 18.9. The maximum atomic E-state index is 13.7. The average Bonchev–Trinajstić information content (AvgIpc) is 3.20. The van der Waals surface area contributed by atoms with Gasteiger partial charge in [-0.05, 0) is 40.5 Å². The van der Waals surface area contributed by atoms with Gasteiger partial charge in [0.15, 0.2) is 0 Å². The summed E-state index contributed by atoms with van der Waals surface area (Å²) in [5, 5.41) is 9.21. The molecule has 3 aromatic carbocycles. The minimum absolute atomic E-state index is 0.354. The van der Waals surface area contributed by atoms with E-state index in [1.807, 2.05) is 42.6 Å². The molecule has 0 spiro atoms. The standard InChI is InChI=1S/C25H18FN3O2/c26-20-8-4-7-19(13-20)23-14-25(30)31-24-12-18(9-10-22(23)24)15-29-16-21(27-28-29)11-17-5-2-1-3-6-17/h1-10,12-14,16H,11,15H2. The molecule has 0 saturated heterocycles. The summed E-state index contributed by atoms with van der Waals surface area (Å²) in [6.07, 6.45) is 2.63. The monoisotopic (exact) mass is 411 g/mol.